The van der Waals surface area contributed by atoms with Crippen LogP contribution in [0.5, 0.6) is 0 Å². The monoisotopic (exact) mass is 525 g/mol. The molecule has 166 valence electrons. The van der Waals surface area contributed by atoms with Crippen LogP contribution in [0, 0.1) is 11.8 Å². The van der Waals surface area contributed by atoms with Crippen molar-refractivity contribution < 1.29 is 4.79 Å². The fraction of sp³-hybridized carbons (Fsp3) is 0.652. The average Bonchev–Trinajstić information content (AvgIpc) is 3.36. The van der Waals surface area contributed by atoms with Gasteiger partial charge in [0.05, 0.1) is 0 Å². The first-order valence-electron chi connectivity index (χ1n) is 11.2. The SMILES string of the molecule is CN(C)C(=O)CN=C(NC1CCN(c2ccccc2)CC1)NC1CC2CCC1C2.I. The molecule has 0 aromatic heterocycles. The predicted octanol–water partition coefficient (Wildman–Crippen LogP) is 3.09. The topological polar surface area (TPSA) is 60.0 Å². The van der Waals surface area contributed by atoms with E-state index in [0.717, 1.165) is 43.7 Å². The third kappa shape index (κ3) is 5.80. The van der Waals surface area contributed by atoms with Gasteiger partial charge in [0.2, 0.25) is 5.91 Å². The number of carbonyl (C=O) groups is 1. The second-order valence-electron chi connectivity index (χ2n) is 9.12. The zero-order chi connectivity index (χ0) is 20.2. The van der Waals surface area contributed by atoms with E-state index in [1.54, 1.807) is 19.0 Å². The summed E-state index contributed by atoms with van der Waals surface area (Å²) in [4.78, 5) is 20.8. The van der Waals surface area contributed by atoms with Crippen molar-refractivity contribution in [2.45, 2.75) is 50.6 Å². The van der Waals surface area contributed by atoms with Gasteiger partial charge in [-0.3, -0.25) is 4.79 Å². The molecule has 2 bridgehead atoms. The van der Waals surface area contributed by atoms with Crippen LogP contribution in [0.15, 0.2) is 35.3 Å². The van der Waals surface area contributed by atoms with Gasteiger partial charge < -0.3 is 20.4 Å². The highest BCUT2D eigenvalue weighted by molar-refractivity contribution is 14.0. The molecule has 30 heavy (non-hydrogen) atoms. The summed E-state index contributed by atoms with van der Waals surface area (Å²) in [5, 5.41) is 7.34. The molecule has 1 aromatic carbocycles. The molecule has 3 fully saturated rings. The number of nitrogens with zero attached hydrogens (tertiary/aromatic N) is 3. The molecule has 7 heteroatoms. The molecule has 1 aromatic rings. The molecular formula is C23H36IN5O. The number of halogens is 1. The van der Waals surface area contributed by atoms with Gasteiger partial charge in [-0.25, -0.2) is 4.99 Å². The number of para-hydroxylation sites is 1. The third-order valence-corrected chi connectivity index (χ3v) is 6.89. The van der Waals surface area contributed by atoms with Gasteiger partial charge in [-0.05, 0) is 56.1 Å². The summed E-state index contributed by atoms with van der Waals surface area (Å²) in [5.41, 5.74) is 1.30. The quantitative estimate of drug-likeness (QED) is 0.353. The van der Waals surface area contributed by atoms with Gasteiger partial charge in [0.15, 0.2) is 5.96 Å². The highest BCUT2D eigenvalue weighted by Crippen LogP contribution is 2.44. The lowest BCUT2D eigenvalue weighted by Crippen LogP contribution is -2.52. The van der Waals surface area contributed by atoms with E-state index in [4.69, 9.17) is 0 Å². The van der Waals surface area contributed by atoms with E-state index in [9.17, 15) is 4.79 Å². The Kier molecular flexibility index (Phi) is 8.25. The van der Waals surface area contributed by atoms with E-state index in [2.05, 4.69) is 50.9 Å². The number of anilines is 1. The van der Waals surface area contributed by atoms with Crippen molar-refractivity contribution in [2.75, 3.05) is 38.6 Å². The summed E-state index contributed by atoms with van der Waals surface area (Å²) in [6.45, 7) is 2.28. The fourth-order valence-electron chi connectivity index (χ4n) is 5.13. The molecule has 1 saturated heterocycles. The van der Waals surface area contributed by atoms with E-state index in [0.29, 0.717) is 12.1 Å². The Morgan fingerprint density at radius 1 is 1.07 bits per heavy atom. The normalized spacial score (nSPS) is 26.3. The molecule has 2 saturated carbocycles. The lowest BCUT2D eigenvalue weighted by Gasteiger charge is -2.35. The molecule has 3 atom stereocenters. The van der Waals surface area contributed by atoms with E-state index >= 15 is 0 Å². The molecule has 1 amide bonds. The van der Waals surface area contributed by atoms with Crippen LogP contribution in [0.4, 0.5) is 5.69 Å². The van der Waals surface area contributed by atoms with E-state index in [-0.39, 0.29) is 36.4 Å². The maximum Gasteiger partial charge on any atom is 0.243 e. The smallest absolute Gasteiger partial charge is 0.243 e. The highest BCUT2D eigenvalue weighted by Gasteiger charge is 2.40. The Hall–Kier alpha value is -1.51. The molecule has 3 unspecified atom stereocenters. The summed E-state index contributed by atoms with van der Waals surface area (Å²) in [7, 11) is 3.57. The third-order valence-electron chi connectivity index (χ3n) is 6.89. The lowest BCUT2D eigenvalue weighted by atomic mass is 9.95. The summed E-state index contributed by atoms with van der Waals surface area (Å²) >= 11 is 0. The minimum atomic E-state index is 0. The van der Waals surface area contributed by atoms with Crippen LogP contribution in [-0.4, -0.2) is 62.6 Å². The zero-order valence-corrected chi connectivity index (χ0v) is 20.5. The van der Waals surface area contributed by atoms with Crippen molar-refractivity contribution in [3.8, 4) is 0 Å². The second kappa shape index (κ2) is 10.7. The van der Waals surface area contributed by atoms with Crippen LogP contribution >= 0.6 is 24.0 Å². The molecule has 0 spiro atoms. The summed E-state index contributed by atoms with van der Waals surface area (Å²) in [6.07, 6.45) is 7.49. The number of likely N-dealkylation sites (N-methyl/N-ethyl adjacent to an activating group) is 1. The van der Waals surface area contributed by atoms with Crippen LogP contribution < -0.4 is 15.5 Å². The van der Waals surface area contributed by atoms with Crippen molar-refractivity contribution in [3.63, 3.8) is 0 Å². The van der Waals surface area contributed by atoms with E-state index in [1.807, 2.05) is 0 Å². The van der Waals surface area contributed by atoms with Crippen molar-refractivity contribution in [3.05, 3.63) is 30.3 Å². The molecule has 3 aliphatic rings. The van der Waals surface area contributed by atoms with Crippen molar-refractivity contribution in [2.24, 2.45) is 16.8 Å². The van der Waals surface area contributed by atoms with Crippen molar-refractivity contribution in [1.29, 1.82) is 0 Å². The van der Waals surface area contributed by atoms with Crippen LogP contribution in [0.25, 0.3) is 0 Å². The Balaban J connectivity index is 0.00000256. The first-order valence-corrected chi connectivity index (χ1v) is 11.2. The number of hydrogen-bond acceptors (Lipinski definition) is 3. The van der Waals surface area contributed by atoms with Crippen LogP contribution in [0.1, 0.15) is 38.5 Å². The summed E-state index contributed by atoms with van der Waals surface area (Å²) < 4.78 is 0. The molecule has 1 heterocycles. The Labute approximate surface area is 197 Å². The number of aliphatic imine (C=N–C) groups is 1. The lowest BCUT2D eigenvalue weighted by molar-refractivity contribution is -0.127. The van der Waals surface area contributed by atoms with Crippen LogP contribution in [0.2, 0.25) is 0 Å². The van der Waals surface area contributed by atoms with Gasteiger partial charge in [-0.1, -0.05) is 24.6 Å². The first-order chi connectivity index (χ1) is 14.1. The second-order valence-corrected chi connectivity index (χ2v) is 9.12. The predicted molar refractivity (Wildman–Crippen MR) is 134 cm³/mol. The standard InChI is InChI=1S/C23H35N5O.HI/c1-27(2)22(29)16-24-23(26-21-15-17-8-9-18(21)14-17)25-19-10-12-28(13-11-19)20-6-4-3-5-7-20;/h3-7,17-19,21H,8-16H2,1-2H3,(H2,24,25,26);1H. The van der Waals surface area contributed by atoms with Crippen LogP contribution in [-0.2, 0) is 4.79 Å². The van der Waals surface area contributed by atoms with Crippen molar-refractivity contribution in [1.82, 2.24) is 15.5 Å². The maximum absolute atomic E-state index is 12.1. The number of amides is 1. The van der Waals surface area contributed by atoms with Gasteiger partial charge in [0, 0.05) is 45.0 Å². The molecule has 6 nitrogen and oxygen atoms in total. The average molecular weight is 525 g/mol. The number of fused-ring (bicyclic) bond motifs is 2. The molecule has 0 radical (unpaired) electrons. The number of hydrogen-bond donors (Lipinski definition) is 2. The Morgan fingerprint density at radius 2 is 1.80 bits per heavy atom. The van der Waals surface area contributed by atoms with Gasteiger partial charge in [-0.2, -0.15) is 0 Å². The number of benzene rings is 1. The zero-order valence-electron chi connectivity index (χ0n) is 18.2. The summed E-state index contributed by atoms with van der Waals surface area (Å²) in [5.74, 6) is 2.53. The van der Waals surface area contributed by atoms with Crippen molar-refractivity contribution >= 4 is 41.5 Å². The molecular weight excluding hydrogens is 489 g/mol. The van der Waals surface area contributed by atoms with E-state index in [1.165, 1.54) is 31.4 Å². The number of rotatable bonds is 5. The number of guanidine groups is 1. The first kappa shape index (κ1) is 23.2. The molecule has 4 rings (SSSR count). The number of carbonyl (C=O) groups excluding carboxylic acids is 1. The van der Waals surface area contributed by atoms with Gasteiger partial charge >= 0.3 is 0 Å². The summed E-state index contributed by atoms with van der Waals surface area (Å²) in [6, 6.07) is 11.6. The fourth-order valence-corrected chi connectivity index (χ4v) is 5.13. The largest absolute Gasteiger partial charge is 0.371 e. The minimum Gasteiger partial charge on any atom is -0.371 e. The highest BCUT2D eigenvalue weighted by atomic mass is 127. The molecule has 2 aliphatic carbocycles. The van der Waals surface area contributed by atoms with Gasteiger partial charge in [0.25, 0.3) is 0 Å². The minimum absolute atomic E-state index is 0. The number of nitrogens with one attached hydrogen (secondary N) is 2. The van der Waals surface area contributed by atoms with Crippen LogP contribution in [0.3, 0.4) is 0 Å². The van der Waals surface area contributed by atoms with Gasteiger partial charge in [0.1, 0.15) is 6.54 Å². The maximum atomic E-state index is 12.1. The van der Waals surface area contributed by atoms with Gasteiger partial charge in [-0.15, -0.1) is 24.0 Å². The van der Waals surface area contributed by atoms with E-state index < -0.39 is 0 Å². The molecule has 1 aliphatic heterocycles. The Bertz CT molecular complexity index is 718. The Morgan fingerprint density at radius 3 is 2.40 bits per heavy atom. The number of piperidine rings is 1. The molecule has 2 N–H and O–H groups in total.